The monoisotopic (exact) mass is 237 g/mol. The molecule has 2 rings (SSSR count). The minimum Gasteiger partial charge on any atom is -0.353 e. The SMILES string of the molecule is Cc1nnc(CC2NCCNC2=O)n1C(C)C. The van der Waals surface area contributed by atoms with Crippen LogP contribution in [0.2, 0.25) is 0 Å². The highest BCUT2D eigenvalue weighted by atomic mass is 16.2. The first-order chi connectivity index (χ1) is 8.09. The summed E-state index contributed by atoms with van der Waals surface area (Å²) in [5, 5.41) is 14.3. The van der Waals surface area contributed by atoms with Gasteiger partial charge in [0.05, 0.1) is 6.04 Å². The maximum atomic E-state index is 11.7. The molecule has 0 radical (unpaired) electrons. The van der Waals surface area contributed by atoms with E-state index in [0.717, 1.165) is 18.2 Å². The van der Waals surface area contributed by atoms with Crippen molar-refractivity contribution in [2.75, 3.05) is 13.1 Å². The largest absolute Gasteiger partial charge is 0.353 e. The second-order valence-corrected chi connectivity index (χ2v) is 4.63. The number of aromatic nitrogens is 3. The lowest BCUT2D eigenvalue weighted by Crippen LogP contribution is -2.54. The van der Waals surface area contributed by atoms with E-state index >= 15 is 0 Å². The molecule has 0 spiro atoms. The highest BCUT2D eigenvalue weighted by molar-refractivity contribution is 5.82. The molecule has 6 nitrogen and oxygen atoms in total. The van der Waals surface area contributed by atoms with Gasteiger partial charge in [-0.15, -0.1) is 10.2 Å². The molecule has 0 bridgehead atoms. The minimum atomic E-state index is -0.190. The number of hydrogen-bond donors (Lipinski definition) is 2. The van der Waals surface area contributed by atoms with Crippen molar-refractivity contribution in [3.8, 4) is 0 Å². The van der Waals surface area contributed by atoms with Crippen LogP contribution in [0.25, 0.3) is 0 Å². The van der Waals surface area contributed by atoms with Crippen LogP contribution in [0.3, 0.4) is 0 Å². The number of amides is 1. The smallest absolute Gasteiger partial charge is 0.237 e. The van der Waals surface area contributed by atoms with E-state index in [4.69, 9.17) is 0 Å². The molecule has 1 unspecified atom stereocenters. The molecule has 1 aromatic rings. The van der Waals surface area contributed by atoms with Gasteiger partial charge in [-0.25, -0.2) is 0 Å². The van der Waals surface area contributed by atoms with Crippen LogP contribution < -0.4 is 10.6 Å². The van der Waals surface area contributed by atoms with E-state index in [2.05, 4.69) is 39.2 Å². The van der Waals surface area contributed by atoms with Crippen LogP contribution in [0.5, 0.6) is 0 Å². The fourth-order valence-electron chi connectivity index (χ4n) is 2.22. The summed E-state index contributed by atoms with van der Waals surface area (Å²) in [6.07, 6.45) is 0.588. The Balaban J connectivity index is 2.15. The van der Waals surface area contributed by atoms with Crippen molar-refractivity contribution in [1.29, 1.82) is 0 Å². The van der Waals surface area contributed by atoms with Crippen LogP contribution in [0.15, 0.2) is 0 Å². The number of aryl methyl sites for hydroxylation is 1. The van der Waals surface area contributed by atoms with Crippen LogP contribution in [0.4, 0.5) is 0 Å². The van der Waals surface area contributed by atoms with E-state index in [9.17, 15) is 4.79 Å². The third-order valence-corrected chi connectivity index (χ3v) is 2.97. The van der Waals surface area contributed by atoms with Gasteiger partial charge >= 0.3 is 0 Å². The Hall–Kier alpha value is -1.43. The summed E-state index contributed by atoms with van der Waals surface area (Å²) in [6, 6.07) is 0.122. The van der Waals surface area contributed by atoms with Crippen LogP contribution in [-0.2, 0) is 11.2 Å². The Morgan fingerprint density at radius 1 is 1.41 bits per heavy atom. The minimum absolute atomic E-state index is 0.0483. The highest BCUT2D eigenvalue weighted by Crippen LogP contribution is 2.12. The van der Waals surface area contributed by atoms with Crippen molar-refractivity contribution in [3.63, 3.8) is 0 Å². The van der Waals surface area contributed by atoms with E-state index in [1.807, 2.05) is 6.92 Å². The Kier molecular flexibility index (Phi) is 3.42. The number of hydrogen-bond acceptors (Lipinski definition) is 4. The van der Waals surface area contributed by atoms with Crippen molar-refractivity contribution in [2.45, 2.75) is 39.3 Å². The molecule has 1 aliphatic rings. The number of carbonyl (C=O) groups is 1. The third kappa shape index (κ3) is 2.46. The molecule has 94 valence electrons. The molecule has 2 N–H and O–H groups in total. The molecule has 1 aromatic heterocycles. The molecule has 6 heteroatoms. The lowest BCUT2D eigenvalue weighted by molar-refractivity contribution is -0.124. The standard InChI is InChI=1S/C11H19N5O/c1-7(2)16-8(3)14-15-10(16)6-9-11(17)13-5-4-12-9/h7,9,12H,4-6H2,1-3H3,(H,13,17). The van der Waals surface area contributed by atoms with Gasteiger partial charge in [0.1, 0.15) is 11.6 Å². The molecule has 1 saturated heterocycles. The lowest BCUT2D eigenvalue weighted by atomic mass is 10.1. The molecule has 0 aromatic carbocycles. The van der Waals surface area contributed by atoms with Crippen LogP contribution in [-0.4, -0.2) is 39.8 Å². The van der Waals surface area contributed by atoms with Gasteiger partial charge < -0.3 is 15.2 Å². The molecule has 1 amide bonds. The van der Waals surface area contributed by atoms with Gasteiger partial charge in [-0.3, -0.25) is 4.79 Å². The van der Waals surface area contributed by atoms with Gasteiger partial charge in [0.25, 0.3) is 0 Å². The van der Waals surface area contributed by atoms with Gasteiger partial charge in [0.2, 0.25) is 5.91 Å². The highest BCUT2D eigenvalue weighted by Gasteiger charge is 2.24. The van der Waals surface area contributed by atoms with Gasteiger partial charge in [0, 0.05) is 25.6 Å². The Morgan fingerprint density at radius 3 is 2.82 bits per heavy atom. The predicted molar refractivity (Wildman–Crippen MR) is 63.6 cm³/mol. The first-order valence-electron chi connectivity index (χ1n) is 6.01. The summed E-state index contributed by atoms with van der Waals surface area (Å²) >= 11 is 0. The fraction of sp³-hybridized carbons (Fsp3) is 0.727. The second-order valence-electron chi connectivity index (χ2n) is 4.63. The summed E-state index contributed by atoms with van der Waals surface area (Å²) in [7, 11) is 0. The van der Waals surface area contributed by atoms with E-state index in [0.29, 0.717) is 19.0 Å². The van der Waals surface area contributed by atoms with Crippen LogP contribution in [0.1, 0.15) is 31.5 Å². The van der Waals surface area contributed by atoms with Crippen molar-refractivity contribution in [3.05, 3.63) is 11.6 Å². The molecule has 1 aliphatic heterocycles. The Labute approximate surface area is 101 Å². The van der Waals surface area contributed by atoms with Gasteiger partial charge in [-0.1, -0.05) is 0 Å². The molecule has 17 heavy (non-hydrogen) atoms. The van der Waals surface area contributed by atoms with E-state index in [1.165, 1.54) is 0 Å². The Morgan fingerprint density at radius 2 is 2.18 bits per heavy atom. The molecule has 1 atom stereocenters. The average molecular weight is 237 g/mol. The summed E-state index contributed by atoms with van der Waals surface area (Å²) < 4.78 is 2.07. The summed E-state index contributed by atoms with van der Waals surface area (Å²) in [5.74, 6) is 1.81. The zero-order chi connectivity index (χ0) is 12.4. The molecular formula is C11H19N5O. The second kappa shape index (κ2) is 4.83. The van der Waals surface area contributed by atoms with E-state index < -0.39 is 0 Å². The van der Waals surface area contributed by atoms with Crippen molar-refractivity contribution in [2.24, 2.45) is 0 Å². The number of carbonyl (C=O) groups excluding carboxylic acids is 1. The zero-order valence-corrected chi connectivity index (χ0v) is 10.5. The predicted octanol–water partition coefficient (Wildman–Crippen LogP) is -0.202. The van der Waals surface area contributed by atoms with Crippen molar-refractivity contribution in [1.82, 2.24) is 25.4 Å². The maximum Gasteiger partial charge on any atom is 0.237 e. The van der Waals surface area contributed by atoms with E-state index in [-0.39, 0.29) is 11.9 Å². The van der Waals surface area contributed by atoms with Gasteiger partial charge in [-0.2, -0.15) is 0 Å². The third-order valence-electron chi connectivity index (χ3n) is 2.97. The fourth-order valence-corrected chi connectivity index (χ4v) is 2.22. The first-order valence-corrected chi connectivity index (χ1v) is 6.01. The van der Waals surface area contributed by atoms with Gasteiger partial charge in [-0.05, 0) is 20.8 Å². The van der Waals surface area contributed by atoms with E-state index in [1.54, 1.807) is 0 Å². The first kappa shape index (κ1) is 12.0. The van der Waals surface area contributed by atoms with Gasteiger partial charge in [0.15, 0.2) is 0 Å². The zero-order valence-electron chi connectivity index (χ0n) is 10.5. The lowest BCUT2D eigenvalue weighted by Gasteiger charge is -2.23. The summed E-state index contributed by atoms with van der Waals surface area (Å²) in [6.45, 7) is 7.63. The summed E-state index contributed by atoms with van der Waals surface area (Å²) in [4.78, 5) is 11.7. The molecule has 1 fully saturated rings. The number of nitrogens with zero attached hydrogens (tertiary/aromatic N) is 3. The number of rotatable bonds is 3. The topological polar surface area (TPSA) is 71.8 Å². The number of piperazine rings is 1. The molecular weight excluding hydrogens is 218 g/mol. The maximum absolute atomic E-state index is 11.7. The Bertz CT molecular complexity index is 412. The van der Waals surface area contributed by atoms with Crippen LogP contribution in [0, 0.1) is 6.92 Å². The van der Waals surface area contributed by atoms with Crippen LogP contribution >= 0.6 is 0 Å². The molecule has 0 aliphatic carbocycles. The normalized spacial score (nSPS) is 20.7. The number of nitrogens with one attached hydrogen (secondary N) is 2. The quantitative estimate of drug-likeness (QED) is 0.763. The molecule has 2 heterocycles. The molecule has 0 saturated carbocycles. The van der Waals surface area contributed by atoms with Crippen molar-refractivity contribution >= 4 is 5.91 Å². The average Bonchev–Trinajstić information content (AvgIpc) is 2.63. The summed E-state index contributed by atoms with van der Waals surface area (Å²) in [5.41, 5.74) is 0. The van der Waals surface area contributed by atoms with Crippen molar-refractivity contribution < 1.29 is 4.79 Å².